The molecule has 0 saturated carbocycles. The van der Waals surface area contributed by atoms with E-state index in [1.54, 1.807) is 6.07 Å². The molecule has 2 aromatic heterocycles. The van der Waals surface area contributed by atoms with Crippen LogP contribution in [0.5, 0.6) is 0 Å². The average molecular weight is 410 g/mol. The Morgan fingerprint density at radius 1 is 1.17 bits per heavy atom. The van der Waals surface area contributed by atoms with E-state index in [4.69, 9.17) is 0 Å². The van der Waals surface area contributed by atoms with E-state index in [-0.39, 0.29) is 6.42 Å². The number of fused-ring (bicyclic) bond motifs is 1. The highest BCUT2D eigenvalue weighted by Gasteiger charge is 2.26. The molecular weight excluding hydrogens is 390 g/mol. The van der Waals surface area contributed by atoms with Crippen LogP contribution in [0.2, 0.25) is 0 Å². The Morgan fingerprint density at radius 2 is 2.03 bits per heavy atom. The first-order chi connectivity index (χ1) is 14.5. The molecule has 0 aromatic carbocycles. The predicted molar refractivity (Wildman–Crippen MR) is 111 cm³/mol. The minimum absolute atomic E-state index is 0.105. The number of rotatable bonds is 2. The van der Waals surface area contributed by atoms with E-state index in [2.05, 4.69) is 20.3 Å². The lowest BCUT2D eigenvalue weighted by atomic mass is 10.1. The van der Waals surface area contributed by atoms with Crippen molar-refractivity contribution in [3.8, 4) is 0 Å². The number of allylic oxidation sites excluding steroid dienone is 6. The van der Waals surface area contributed by atoms with Gasteiger partial charge in [0, 0.05) is 44.5 Å². The highest BCUT2D eigenvalue weighted by molar-refractivity contribution is 6.02. The molecule has 2 aliphatic rings. The fourth-order valence-electron chi connectivity index (χ4n) is 3.35. The van der Waals surface area contributed by atoms with E-state index in [0.29, 0.717) is 29.4 Å². The van der Waals surface area contributed by atoms with Crippen LogP contribution in [0.3, 0.4) is 0 Å². The summed E-state index contributed by atoms with van der Waals surface area (Å²) in [5.74, 6) is -0.251. The van der Waals surface area contributed by atoms with Gasteiger partial charge in [0.05, 0.1) is 17.6 Å². The number of nitrogens with zero attached hydrogens (tertiary/aromatic N) is 5. The van der Waals surface area contributed by atoms with Gasteiger partial charge < -0.3 is 4.90 Å². The lowest BCUT2D eigenvalue weighted by Crippen LogP contribution is -2.36. The molecule has 0 fully saturated rings. The Labute approximate surface area is 172 Å². The minimum Gasteiger partial charge on any atom is -0.372 e. The zero-order chi connectivity index (χ0) is 21.1. The molecule has 1 N–H and O–H groups in total. The van der Waals surface area contributed by atoms with Gasteiger partial charge >= 0.3 is 6.03 Å². The summed E-state index contributed by atoms with van der Waals surface area (Å²) in [5.41, 5.74) is 1.44. The molecule has 1 aliphatic carbocycles. The molecule has 0 saturated heterocycles. The molecule has 2 amide bonds. The summed E-state index contributed by atoms with van der Waals surface area (Å²) < 4.78 is 27.9. The normalized spacial score (nSPS) is 16.6. The molecule has 0 bridgehead atoms. The maximum atomic E-state index is 14.0. The van der Waals surface area contributed by atoms with Crippen molar-refractivity contribution in [2.75, 3.05) is 35.3 Å². The van der Waals surface area contributed by atoms with Gasteiger partial charge in [0.15, 0.2) is 11.6 Å². The van der Waals surface area contributed by atoms with E-state index in [9.17, 15) is 13.6 Å². The number of hydrogen-bond acceptors (Lipinski definition) is 5. The number of carbonyl (C=O) groups is 1. The lowest BCUT2D eigenvalue weighted by Gasteiger charge is -2.24. The molecule has 2 aromatic rings. The van der Waals surface area contributed by atoms with E-state index >= 15 is 0 Å². The van der Waals surface area contributed by atoms with Gasteiger partial charge in [-0.25, -0.2) is 23.5 Å². The number of nitrogens with one attached hydrogen (secondary N) is 1. The maximum Gasteiger partial charge on any atom is 0.328 e. The van der Waals surface area contributed by atoms with E-state index in [1.165, 1.54) is 41.7 Å². The largest absolute Gasteiger partial charge is 0.372 e. The fourth-order valence-corrected chi connectivity index (χ4v) is 3.35. The summed E-state index contributed by atoms with van der Waals surface area (Å²) in [5, 5.41) is 2.72. The molecule has 0 atom stereocenters. The number of hydrogen-bond donors (Lipinski definition) is 1. The van der Waals surface area contributed by atoms with Crippen molar-refractivity contribution in [3.05, 3.63) is 66.3 Å². The first kappa shape index (κ1) is 19.7. The molecule has 1 aliphatic heterocycles. The molecule has 154 valence electrons. The third-order valence-corrected chi connectivity index (χ3v) is 4.83. The molecule has 0 radical (unpaired) electrons. The van der Waals surface area contributed by atoms with Gasteiger partial charge in [-0.1, -0.05) is 0 Å². The van der Waals surface area contributed by atoms with Gasteiger partial charge in [-0.15, -0.1) is 0 Å². The number of aromatic nitrogens is 3. The van der Waals surface area contributed by atoms with E-state index < -0.39 is 17.7 Å². The van der Waals surface area contributed by atoms with Crippen molar-refractivity contribution in [1.82, 2.24) is 15.0 Å². The summed E-state index contributed by atoms with van der Waals surface area (Å²) >= 11 is 0. The third-order valence-electron chi connectivity index (χ3n) is 4.83. The molecule has 3 heterocycles. The Kier molecular flexibility index (Phi) is 5.51. The van der Waals surface area contributed by atoms with E-state index in [0.717, 1.165) is 18.7 Å². The van der Waals surface area contributed by atoms with Gasteiger partial charge in [-0.3, -0.25) is 15.2 Å². The summed E-state index contributed by atoms with van der Waals surface area (Å²) in [6, 6.07) is 3.11. The maximum absolute atomic E-state index is 14.0. The fraction of sp³-hybridized carbons (Fsp3) is 0.238. The van der Waals surface area contributed by atoms with Crippen LogP contribution in [-0.4, -0.2) is 41.1 Å². The van der Waals surface area contributed by atoms with Gasteiger partial charge in [-0.2, -0.15) is 0 Å². The van der Waals surface area contributed by atoms with Crippen molar-refractivity contribution in [2.24, 2.45) is 0 Å². The van der Waals surface area contributed by atoms with Gasteiger partial charge in [0.25, 0.3) is 0 Å². The predicted octanol–water partition coefficient (Wildman–Crippen LogP) is 4.24. The van der Waals surface area contributed by atoms with Gasteiger partial charge in [0.1, 0.15) is 11.7 Å². The number of halogens is 2. The summed E-state index contributed by atoms with van der Waals surface area (Å²) in [6.07, 6.45) is 8.75. The van der Waals surface area contributed by atoms with Crippen LogP contribution in [-0.2, 0) is 0 Å². The minimum atomic E-state index is -0.528. The second-order valence-electron chi connectivity index (χ2n) is 6.97. The molecule has 0 unspecified atom stereocenters. The van der Waals surface area contributed by atoms with Crippen molar-refractivity contribution in [2.45, 2.75) is 12.8 Å². The first-order valence-electron chi connectivity index (χ1n) is 9.52. The molecule has 0 spiro atoms. The molecule has 30 heavy (non-hydrogen) atoms. The zero-order valence-electron chi connectivity index (χ0n) is 16.3. The van der Waals surface area contributed by atoms with Gasteiger partial charge in [-0.05, 0) is 36.8 Å². The number of urea groups is 1. The average Bonchev–Trinajstić information content (AvgIpc) is 3.02. The van der Waals surface area contributed by atoms with Crippen molar-refractivity contribution >= 4 is 28.9 Å². The zero-order valence-corrected chi connectivity index (χ0v) is 16.3. The summed E-state index contributed by atoms with van der Waals surface area (Å²) in [4.78, 5) is 29.1. The topological polar surface area (TPSA) is 74.2 Å². The second kappa shape index (κ2) is 8.40. The highest BCUT2D eigenvalue weighted by Crippen LogP contribution is 2.33. The standard InChI is InChI=1S/C21H20F2N6O/c1-28-9-2-10-29(21(30)27-19-13-24-7-8-25-19)20-18(28)6-5-17(26-20)14-11-15(22)3-4-16(23)12-14/h3,5-8,11-13H,2,4,9-10H2,1H3,(H,25,27,30). The summed E-state index contributed by atoms with van der Waals surface area (Å²) in [6.45, 7) is 1.16. The number of amides is 2. The van der Waals surface area contributed by atoms with Crippen molar-refractivity contribution in [1.29, 1.82) is 0 Å². The van der Waals surface area contributed by atoms with Crippen LogP contribution >= 0.6 is 0 Å². The Morgan fingerprint density at radius 3 is 2.83 bits per heavy atom. The van der Waals surface area contributed by atoms with Gasteiger partial charge in [0.2, 0.25) is 0 Å². The number of pyridine rings is 1. The number of carbonyl (C=O) groups excluding carboxylic acids is 1. The third kappa shape index (κ3) is 4.19. The van der Waals surface area contributed by atoms with Crippen LogP contribution in [0.25, 0.3) is 5.57 Å². The SMILES string of the molecule is CN1CCCN(C(=O)Nc2cnccn2)c2nc(C3=CC(F)=CCC(F)=C3)ccc21. The quantitative estimate of drug-likeness (QED) is 0.802. The molecule has 7 nitrogen and oxygen atoms in total. The van der Waals surface area contributed by atoms with Crippen LogP contribution in [0, 0.1) is 0 Å². The van der Waals surface area contributed by atoms with Crippen molar-refractivity contribution in [3.63, 3.8) is 0 Å². The van der Waals surface area contributed by atoms with Crippen LogP contribution in [0.1, 0.15) is 18.5 Å². The second-order valence-corrected chi connectivity index (χ2v) is 6.97. The molecule has 9 heteroatoms. The van der Waals surface area contributed by atoms with E-state index in [1.807, 2.05) is 18.0 Å². The highest BCUT2D eigenvalue weighted by atomic mass is 19.1. The lowest BCUT2D eigenvalue weighted by molar-refractivity contribution is 0.256. The first-order valence-corrected chi connectivity index (χ1v) is 9.52. The van der Waals surface area contributed by atoms with Crippen molar-refractivity contribution < 1.29 is 13.6 Å². The summed E-state index contributed by atoms with van der Waals surface area (Å²) in [7, 11) is 1.91. The Balaban J connectivity index is 1.73. The van der Waals surface area contributed by atoms with Crippen LogP contribution in [0.15, 0.2) is 60.6 Å². The van der Waals surface area contributed by atoms with Crippen LogP contribution in [0.4, 0.5) is 30.9 Å². The number of anilines is 3. The monoisotopic (exact) mass is 410 g/mol. The Hall–Kier alpha value is -3.62. The molecule has 4 rings (SSSR count). The Bertz CT molecular complexity index is 1050. The van der Waals surface area contributed by atoms with Crippen LogP contribution < -0.4 is 15.1 Å². The smallest absolute Gasteiger partial charge is 0.328 e. The molecular formula is C21H20F2N6O.